The van der Waals surface area contributed by atoms with Crippen molar-refractivity contribution >= 4 is 76.0 Å². The largest absolute Gasteiger partial charge is 0.481 e. The number of rotatable bonds is 25. The zero-order valence-electron chi connectivity index (χ0n) is 40.2. The van der Waals surface area contributed by atoms with Gasteiger partial charge in [0, 0.05) is 73.7 Å². The molecule has 1 aromatic carbocycles. The number of carbonyl (C=O) groups is 9. The second-order valence-corrected chi connectivity index (χ2v) is 20.4. The van der Waals surface area contributed by atoms with Crippen molar-refractivity contribution in [3.05, 3.63) is 47.7 Å². The van der Waals surface area contributed by atoms with Crippen molar-refractivity contribution in [1.29, 1.82) is 0 Å². The number of amides is 6. The zero-order valence-corrected chi connectivity index (χ0v) is 41.0. The van der Waals surface area contributed by atoms with Crippen LogP contribution >= 0.6 is 11.8 Å². The number of imide groups is 1. The number of likely N-dealkylation sites (tertiary alicyclic amines) is 1. The van der Waals surface area contributed by atoms with E-state index in [1.165, 1.54) is 24.9 Å². The Bertz CT molecular complexity index is 2210. The van der Waals surface area contributed by atoms with Crippen LogP contribution in [-0.2, 0) is 55.6 Å². The Morgan fingerprint density at radius 1 is 0.910 bits per heavy atom. The lowest BCUT2D eigenvalue weighted by molar-refractivity contribution is -0.143. The average molecular weight is 956 g/mol. The maximum atomic E-state index is 14.8. The van der Waals surface area contributed by atoms with Crippen LogP contribution in [0.4, 0.5) is 0 Å². The van der Waals surface area contributed by atoms with E-state index in [2.05, 4.69) is 16.0 Å². The summed E-state index contributed by atoms with van der Waals surface area (Å²) in [6, 6.07) is 1.98. The summed E-state index contributed by atoms with van der Waals surface area (Å²) < 4.78 is 1.93. The fourth-order valence-corrected chi connectivity index (χ4v) is 9.08. The van der Waals surface area contributed by atoms with Gasteiger partial charge in [0.25, 0.3) is 0 Å². The van der Waals surface area contributed by atoms with Crippen LogP contribution in [0.5, 0.6) is 0 Å². The fourth-order valence-electron chi connectivity index (χ4n) is 7.96. The Hall–Kier alpha value is -5.76. The first kappa shape index (κ1) is 55.6. The van der Waals surface area contributed by atoms with Crippen LogP contribution in [0.2, 0.25) is 0 Å². The molecule has 0 aliphatic carbocycles. The van der Waals surface area contributed by atoms with E-state index in [4.69, 9.17) is 15.9 Å². The van der Waals surface area contributed by atoms with Gasteiger partial charge in [0.05, 0.1) is 11.3 Å². The van der Waals surface area contributed by atoms with Gasteiger partial charge in [0.2, 0.25) is 35.4 Å². The van der Waals surface area contributed by atoms with E-state index in [9.17, 15) is 48.3 Å². The van der Waals surface area contributed by atoms with Crippen molar-refractivity contribution in [2.24, 2.45) is 24.1 Å². The van der Waals surface area contributed by atoms with E-state index < -0.39 is 100 Å². The monoisotopic (exact) mass is 955 g/mol. The summed E-state index contributed by atoms with van der Waals surface area (Å²) in [6.45, 7) is 14.3. The van der Waals surface area contributed by atoms with Crippen LogP contribution in [-0.4, -0.2) is 138 Å². The number of unbranched alkanes of at least 4 members (excludes halogenated alkanes) is 2. The predicted molar refractivity (Wildman–Crippen MR) is 253 cm³/mol. The molecule has 8 N–H and O–H groups in total. The number of nitrogens with zero attached hydrogens (tertiary/aromatic N) is 3. The van der Waals surface area contributed by atoms with E-state index in [0.29, 0.717) is 19.3 Å². The molecule has 0 bridgehead atoms. The number of carboxylic acid groups (broad SMARTS) is 3. The molecule has 2 aromatic rings. The van der Waals surface area contributed by atoms with Crippen LogP contribution in [0.15, 0.2) is 42.1 Å². The van der Waals surface area contributed by atoms with Crippen LogP contribution < -0.4 is 21.7 Å². The molecule has 6 amide bonds. The molecule has 1 aromatic heterocycles. The topological polar surface area (TPSA) is 288 Å². The predicted octanol–water partition coefficient (Wildman–Crippen LogP) is 3.17. The van der Waals surface area contributed by atoms with Crippen molar-refractivity contribution in [2.75, 3.05) is 19.3 Å². The molecule has 67 heavy (non-hydrogen) atoms. The van der Waals surface area contributed by atoms with Gasteiger partial charge in [0.1, 0.15) is 24.2 Å². The number of fused-ring (bicyclic) bond motifs is 1. The number of nitrogens with one attached hydrogen (secondary N) is 3. The third-order valence-corrected chi connectivity index (χ3v) is 13.4. The lowest BCUT2D eigenvalue weighted by Gasteiger charge is -2.40. The van der Waals surface area contributed by atoms with Crippen molar-refractivity contribution in [3.63, 3.8) is 0 Å². The van der Waals surface area contributed by atoms with Gasteiger partial charge < -0.3 is 46.5 Å². The number of likely N-dealkylation sites (N-methyl/N-ethyl adjacent to an activating group) is 1. The molecule has 1 fully saturated rings. The van der Waals surface area contributed by atoms with Crippen LogP contribution in [0.1, 0.15) is 106 Å². The lowest BCUT2D eigenvalue weighted by atomic mass is 9.76. The minimum Gasteiger partial charge on any atom is -0.481 e. The number of hydrogen-bond donors (Lipinski definition) is 7. The first-order chi connectivity index (χ1) is 31.1. The highest BCUT2D eigenvalue weighted by Crippen LogP contribution is 2.35. The van der Waals surface area contributed by atoms with Crippen molar-refractivity contribution in [1.82, 2.24) is 30.3 Å². The number of aromatic nitrogens is 1. The van der Waals surface area contributed by atoms with Crippen molar-refractivity contribution < 1.29 is 58.5 Å². The smallest absolute Gasteiger partial charge is 0.326 e. The number of nitrogens with two attached hydrogens (primary N) is 1. The standard InChI is InChI=1S/C47H69N7O12S/c1-26(2)33(22-27(3)40(59)49-31(45(65)66)19-20-37(57)58)53(10)43(62)39(46(4,5)6)51-41(60)38(47(7,8)29-24-52(9)32-17-14-13-16-28(29)32)50-35(55)18-12-11-15-21-54-36(56)23-34(42(54)61)67-25-30(48)44(63)64/h13-14,16-17,22,24,26,30-31,33-34,38-39H,11-12,15,18-21,23,25,48H2,1-10H3,(H,49,59)(H,50,55)(H,51,60)(H,57,58)(H,63,64)(H,65,66)/b27-22+/t30-,31+,33+,34?,38+,39+/m0/s1. The fraction of sp³-hybridized carbons (Fsp3) is 0.596. The third kappa shape index (κ3) is 14.9. The van der Waals surface area contributed by atoms with Crippen LogP contribution in [0, 0.1) is 11.3 Å². The van der Waals surface area contributed by atoms with E-state index in [0.717, 1.165) is 33.1 Å². The Labute approximate surface area is 396 Å². The Kier molecular flexibility index (Phi) is 19.7. The summed E-state index contributed by atoms with van der Waals surface area (Å²) in [7, 11) is 3.42. The number of benzene rings is 1. The van der Waals surface area contributed by atoms with E-state index in [-0.39, 0.29) is 49.0 Å². The lowest BCUT2D eigenvalue weighted by Crippen LogP contribution is -2.62. The van der Waals surface area contributed by atoms with E-state index in [1.807, 2.05) is 69.8 Å². The average Bonchev–Trinajstić information content (AvgIpc) is 3.73. The minimum absolute atomic E-state index is 0.00924. The number of carboxylic acids is 3. The number of hydrogen-bond acceptors (Lipinski definition) is 11. The molecule has 19 nitrogen and oxygen atoms in total. The maximum Gasteiger partial charge on any atom is 0.326 e. The molecule has 1 saturated heterocycles. The number of thioether (sulfide) groups is 1. The number of para-hydroxylation sites is 1. The highest BCUT2D eigenvalue weighted by atomic mass is 32.2. The molecule has 3 rings (SSSR count). The maximum absolute atomic E-state index is 14.8. The molecule has 6 atom stereocenters. The molecule has 2 heterocycles. The van der Waals surface area contributed by atoms with Crippen LogP contribution in [0.25, 0.3) is 10.9 Å². The van der Waals surface area contributed by atoms with Gasteiger partial charge in [-0.3, -0.25) is 43.3 Å². The van der Waals surface area contributed by atoms with Gasteiger partial charge in [-0.2, -0.15) is 0 Å². The molecule has 0 radical (unpaired) electrons. The minimum atomic E-state index is -1.45. The number of carbonyl (C=O) groups excluding carboxylic acids is 6. The first-order valence-electron chi connectivity index (χ1n) is 22.4. The summed E-state index contributed by atoms with van der Waals surface area (Å²) >= 11 is 1.04. The third-order valence-electron chi connectivity index (χ3n) is 12.1. The molecular formula is C47H69N7O12S. The van der Waals surface area contributed by atoms with Crippen LogP contribution in [0.3, 0.4) is 0 Å². The normalized spacial score (nSPS) is 16.9. The highest BCUT2D eigenvalue weighted by Gasteiger charge is 2.44. The Balaban J connectivity index is 1.84. The number of aryl methyl sites for hydroxylation is 1. The van der Waals surface area contributed by atoms with Gasteiger partial charge >= 0.3 is 17.9 Å². The van der Waals surface area contributed by atoms with Gasteiger partial charge in [0.15, 0.2) is 0 Å². The molecule has 1 unspecified atom stereocenters. The molecule has 370 valence electrons. The second-order valence-electron chi connectivity index (χ2n) is 19.2. The van der Waals surface area contributed by atoms with Crippen molar-refractivity contribution in [2.45, 2.75) is 141 Å². The molecule has 1 aliphatic rings. The molecule has 20 heteroatoms. The van der Waals surface area contributed by atoms with Gasteiger partial charge in [-0.05, 0) is 49.1 Å². The van der Waals surface area contributed by atoms with Crippen molar-refractivity contribution in [3.8, 4) is 0 Å². The zero-order chi connectivity index (χ0) is 50.7. The molecule has 0 saturated carbocycles. The second kappa shape index (κ2) is 23.8. The van der Waals surface area contributed by atoms with E-state index >= 15 is 0 Å². The van der Waals surface area contributed by atoms with Gasteiger partial charge in [-0.1, -0.05) is 79.2 Å². The van der Waals surface area contributed by atoms with E-state index in [1.54, 1.807) is 20.8 Å². The summed E-state index contributed by atoms with van der Waals surface area (Å²) in [4.78, 5) is 118. The summed E-state index contributed by atoms with van der Waals surface area (Å²) in [5.74, 6) is -7.14. The summed E-state index contributed by atoms with van der Waals surface area (Å²) in [6.07, 6.45) is 3.85. The number of aliphatic carboxylic acids is 3. The first-order valence-corrected chi connectivity index (χ1v) is 23.4. The highest BCUT2D eigenvalue weighted by molar-refractivity contribution is 8.00. The Morgan fingerprint density at radius 2 is 1.55 bits per heavy atom. The summed E-state index contributed by atoms with van der Waals surface area (Å²) in [5.41, 5.74) is 5.40. The molecule has 0 spiro atoms. The van der Waals surface area contributed by atoms with Gasteiger partial charge in [-0.15, -0.1) is 11.8 Å². The quantitative estimate of drug-likeness (QED) is 0.0428. The molecule has 1 aliphatic heterocycles. The molecular weight excluding hydrogens is 887 g/mol. The van der Waals surface area contributed by atoms with Gasteiger partial charge in [-0.25, -0.2) is 4.79 Å². The summed E-state index contributed by atoms with van der Waals surface area (Å²) in [5, 5.41) is 36.1. The Morgan fingerprint density at radius 3 is 2.13 bits per heavy atom. The SMILES string of the molecule is C/C(=C\[C@H](C(C)C)N(C)C(=O)[C@@H](NC(=O)[C@@H](NC(=O)CCCCCN1C(=O)CC(SC[C@H](N)C(=O)O)C1=O)C(C)(C)c1cn(C)c2ccccc12)C(C)(C)C)C(=O)N[C@H](CCC(=O)O)C(=O)O.